The Labute approximate surface area is 200 Å². The summed E-state index contributed by atoms with van der Waals surface area (Å²) >= 11 is 0. The molecule has 2 unspecified atom stereocenters. The van der Waals surface area contributed by atoms with Crippen LogP contribution in [0, 0.1) is 0 Å². The first-order valence-corrected chi connectivity index (χ1v) is 12.9. The van der Waals surface area contributed by atoms with Gasteiger partial charge in [-0.1, -0.05) is 36.4 Å². The molecule has 2 aromatic rings. The van der Waals surface area contributed by atoms with E-state index >= 15 is 0 Å². The van der Waals surface area contributed by atoms with Gasteiger partial charge in [-0.15, -0.1) is 0 Å². The zero-order valence-electron chi connectivity index (χ0n) is 20.1. The predicted molar refractivity (Wildman–Crippen MR) is 131 cm³/mol. The van der Waals surface area contributed by atoms with Gasteiger partial charge in [0.15, 0.2) is 0 Å². The van der Waals surface area contributed by atoms with Crippen LogP contribution in [0.3, 0.4) is 0 Å². The lowest BCUT2D eigenvalue weighted by molar-refractivity contribution is -0.154. The number of rotatable bonds is 10. The lowest BCUT2D eigenvalue weighted by Crippen LogP contribution is -2.37. The van der Waals surface area contributed by atoms with E-state index in [1.165, 1.54) is 7.11 Å². The van der Waals surface area contributed by atoms with Crippen molar-refractivity contribution in [3.63, 3.8) is 0 Å². The van der Waals surface area contributed by atoms with Gasteiger partial charge in [0.25, 0.3) is 0 Å². The van der Waals surface area contributed by atoms with Crippen LogP contribution in [0.5, 0.6) is 0 Å². The van der Waals surface area contributed by atoms with Crippen molar-refractivity contribution in [3.8, 4) is 11.1 Å². The summed E-state index contributed by atoms with van der Waals surface area (Å²) in [7, 11) is -1.51. The Morgan fingerprint density at radius 1 is 1.00 bits per heavy atom. The van der Waals surface area contributed by atoms with E-state index in [1.807, 2.05) is 24.3 Å². The Balaban J connectivity index is 2.18. The molecule has 34 heavy (non-hydrogen) atoms. The third kappa shape index (κ3) is 8.47. The van der Waals surface area contributed by atoms with Gasteiger partial charge >= 0.3 is 12.1 Å². The minimum atomic E-state index is -4.14. The first-order valence-electron chi connectivity index (χ1n) is 11.1. The molecule has 0 radical (unpaired) electrons. The molecular weight excluding hydrogens is 465 g/mol. The molecule has 4 nitrogen and oxygen atoms in total. The van der Waals surface area contributed by atoms with Crippen molar-refractivity contribution in [3.05, 3.63) is 54.1 Å². The van der Waals surface area contributed by atoms with Crippen molar-refractivity contribution < 1.29 is 31.6 Å². The third-order valence-electron chi connectivity index (χ3n) is 5.18. The fourth-order valence-corrected chi connectivity index (χ4v) is 5.22. The van der Waals surface area contributed by atoms with Crippen molar-refractivity contribution >= 4 is 21.4 Å². The maximum atomic E-state index is 13.6. The lowest BCUT2D eigenvalue weighted by Gasteiger charge is -2.26. The van der Waals surface area contributed by atoms with Crippen molar-refractivity contribution in [2.45, 2.75) is 68.4 Å². The molecule has 0 fully saturated rings. The van der Waals surface area contributed by atoms with E-state index in [2.05, 4.69) is 5.87 Å². The summed E-state index contributed by atoms with van der Waals surface area (Å²) in [4.78, 5) is 13.2. The average Bonchev–Trinajstić information content (AvgIpc) is 2.72. The minimum absolute atomic E-state index is 0.0529. The molecular formula is C26H33F3O4S. The Morgan fingerprint density at radius 2 is 1.53 bits per heavy atom. The Hall–Kier alpha value is -2.32. The van der Waals surface area contributed by atoms with Crippen LogP contribution in [0.15, 0.2) is 53.4 Å². The van der Waals surface area contributed by atoms with E-state index in [1.54, 1.807) is 45.0 Å². The Morgan fingerprint density at radius 3 is 2.00 bits per heavy atom. The van der Waals surface area contributed by atoms with E-state index in [9.17, 15) is 22.2 Å². The fourth-order valence-electron chi connectivity index (χ4n) is 3.45. The minimum Gasteiger partial charge on any atom is -0.459 e. The standard InChI is InChI=1S/C26H33F3O4S/c1-25(2,3)33-24(30)23(16-18-32-4)34(5,31)22-14-12-21(13-15-22)20-10-8-19(9-11-20)7-6-17-26(27,28)29/h8-15,23H,5-7,16-18H2,1-4H3. The maximum Gasteiger partial charge on any atom is 0.389 e. The predicted octanol–water partition coefficient (Wildman–Crippen LogP) is 6.06. The summed E-state index contributed by atoms with van der Waals surface area (Å²) in [6.45, 7) is 5.49. The number of alkyl halides is 3. The van der Waals surface area contributed by atoms with Crippen molar-refractivity contribution in [1.29, 1.82) is 0 Å². The highest BCUT2D eigenvalue weighted by molar-refractivity contribution is 8.01. The van der Waals surface area contributed by atoms with E-state index in [0.29, 0.717) is 11.3 Å². The fraction of sp³-hybridized carbons (Fsp3) is 0.462. The second-order valence-corrected chi connectivity index (χ2v) is 11.7. The van der Waals surface area contributed by atoms with E-state index in [0.717, 1.165) is 16.7 Å². The van der Waals surface area contributed by atoms with Gasteiger partial charge in [0, 0.05) is 34.6 Å². The molecule has 0 saturated carbocycles. The van der Waals surface area contributed by atoms with Crippen molar-refractivity contribution in [1.82, 2.24) is 0 Å². The summed E-state index contributed by atoms with van der Waals surface area (Å²) in [6, 6.07) is 14.3. The molecule has 0 heterocycles. The topological polar surface area (TPSA) is 52.6 Å². The number of carbonyl (C=O) groups is 1. The number of halogens is 3. The van der Waals surface area contributed by atoms with Gasteiger partial charge in [0.2, 0.25) is 0 Å². The molecule has 0 bridgehead atoms. The first-order chi connectivity index (χ1) is 15.7. The smallest absolute Gasteiger partial charge is 0.389 e. The Bertz CT molecular complexity index is 1040. The number of esters is 1. The van der Waals surface area contributed by atoms with Gasteiger partial charge in [-0.2, -0.15) is 13.2 Å². The largest absolute Gasteiger partial charge is 0.459 e. The SMILES string of the molecule is C=S(=O)(c1ccc(-c2ccc(CCCC(F)(F)F)cc2)cc1)C(CCOC)C(=O)OC(C)(C)C. The Kier molecular flexibility index (Phi) is 9.37. The summed E-state index contributed by atoms with van der Waals surface area (Å²) in [5, 5.41) is -0.950. The van der Waals surface area contributed by atoms with Crippen LogP contribution in [0.2, 0.25) is 0 Å². The lowest BCUT2D eigenvalue weighted by atomic mass is 10.0. The first kappa shape index (κ1) is 27.9. The molecule has 0 N–H and O–H groups in total. The van der Waals surface area contributed by atoms with Crippen LogP contribution < -0.4 is 0 Å². The van der Waals surface area contributed by atoms with Gasteiger partial charge < -0.3 is 9.47 Å². The molecule has 0 saturated heterocycles. The van der Waals surface area contributed by atoms with Crippen LogP contribution in [0.25, 0.3) is 11.1 Å². The number of ether oxygens (including phenoxy) is 2. The molecule has 0 spiro atoms. The molecule has 0 amide bonds. The number of methoxy groups -OCH3 is 1. The number of benzene rings is 2. The van der Waals surface area contributed by atoms with Gasteiger partial charge in [-0.25, -0.2) is 0 Å². The normalized spacial score (nSPS) is 14.9. The van der Waals surface area contributed by atoms with E-state index < -0.39 is 38.9 Å². The van der Waals surface area contributed by atoms with Gasteiger partial charge in [-0.3, -0.25) is 9.00 Å². The molecule has 188 valence electrons. The molecule has 2 aromatic carbocycles. The number of hydrogen-bond donors (Lipinski definition) is 0. The second kappa shape index (κ2) is 11.4. The highest BCUT2D eigenvalue weighted by Gasteiger charge is 2.33. The van der Waals surface area contributed by atoms with E-state index in [4.69, 9.17) is 9.47 Å². The van der Waals surface area contributed by atoms with E-state index in [-0.39, 0.29) is 19.4 Å². The van der Waals surface area contributed by atoms with Crippen molar-refractivity contribution in [2.75, 3.05) is 13.7 Å². The highest BCUT2D eigenvalue weighted by atomic mass is 32.2. The zero-order valence-corrected chi connectivity index (χ0v) is 20.9. The second-order valence-electron chi connectivity index (χ2n) is 9.22. The van der Waals surface area contributed by atoms with Gasteiger partial charge in [0.1, 0.15) is 10.9 Å². The number of carbonyl (C=O) groups excluding carboxylic acids is 1. The molecule has 2 rings (SSSR count). The quantitative estimate of drug-likeness (QED) is 0.295. The molecule has 0 aliphatic heterocycles. The number of aryl methyl sites for hydroxylation is 1. The molecule has 2 atom stereocenters. The summed E-state index contributed by atoms with van der Waals surface area (Å²) in [6.07, 6.45) is -4.31. The molecule has 8 heteroatoms. The van der Waals surface area contributed by atoms with Crippen LogP contribution in [0.4, 0.5) is 13.2 Å². The third-order valence-corrected chi connectivity index (χ3v) is 7.60. The summed E-state index contributed by atoms with van der Waals surface area (Å²) in [5.74, 6) is 3.32. The molecule has 0 aromatic heterocycles. The molecule has 0 aliphatic rings. The maximum absolute atomic E-state index is 13.6. The highest BCUT2D eigenvalue weighted by Crippen LogP contribution is 2.27. The summed E-state index contributed by atoms with van der Waals surface area (Å²) in [5.41, 5.74) is 1.85. The zero-order chi connectivity index (χ0) is 25.6. The van der Waals surface area contributed by atoms with Crippen LogP contribution in [0.1, 0.15) is 45.6 Å². The molecule has 0 aliphatic carbocycles. The average molecular weight is 499 g/mol. The number of hydrogen-bond acceptors (Lipinski definition) is 4. The monoisotopic (exact) mass is 498 g/mol. The van der Waals surface area contributed by atoms with Gasteiger partial charge in [0.05, 0.1) is 0 Å². The van der Waals surface area contributed by atoms with Crippen molar-refractivity contribution in [2.24, 2.45) is 0 Å². The summed E-state index contributed by atoms with van der Waals surface area (Å²) < 4.78 is 61.2. The van der Waals surface area contributed by atoms with Crippen LogP contribution >= 0.6 is 0 Å². The van der Waals surface area contributed by atoms with Crippen LogP contribution in [-0.2, 0) is 30.2 Å². The van der Waals surface area contributed by atoms with Crippen LogP contribution in [-0.4, -0.2) is 46.8 Å². The van der Waals surface area contributed by atoms with Gasteiger partial charge in [-0.05, 0) is 74.7 Å².